The highest BCUT2D eigenvalue weighted by atomic mass is 16.4. The maximum absolute atomic E-state index is 11.1. The fourth-order valence-electron chi connectivity index (χ4n) is 2.40. The average Bonchev–Trinajstić information content (AvgIpc) is 2.68. The summed E-state index contributed by atoms with van der Waals surface area (Å²) in [6.07, 6.45) is 0.464. The molecule has 2 heterocycles. The molecule has 0 bridgehead atoms. The highest BCUT2D eigenvalue weighted by Gasteiger charge is 2.26. The van der Waals surface area contributed by atoms with Crippen molar-refractivity contribution < 1.29 is 9.90 Å². The SMILES string of the molecule is CC1=N[C@@H](C(=O)O)Cc2c1[nH]c1ccccc21. The lowest BCUT2D eigenvalue weighted by atomic mass is 9.98. The van der Waals surface area contributed by atoms with Crippen molar-refractivity contribution in [2.24, 2.45) is 4.99 Å². The van der Waals surface area contributed by atoms with Crippen molar-refractivity contribution in [2.45, 2.75) is 19.4 Å². The fourth-order valence-corrected chi connectivity index (χ4v) is 2.40. The first-order valence-electron chi connectivity index (χ1n) is 5.54. The first kappa shape index (κ1) is 10.1. The predicted octanol–water partition coefficient (Wildman–Crippen LogP) is 1.99. The molecule has 2 aromatic rings. The van der Waals surface area contributed by atoms with Crippen LogP contribution in [-0.2, 0) is 11.2 Å². The van der Waals surface area contributed by atoms with Crippen LogP contribution in [0.25, 0.3) is 10.9 Å². The maximum Gasteiger partial charge on any atom is 0.328 e. The van der Waals surface area contributed by atoms with Crippen LogP contribution < -0.4 is 0 Å². The van der Waals surface area contributed by atoms with Gasteiger partial charge < -0.3 is 10.1 Å². The summed E-state index contributed by atoms with van der Waals surface area (Å²) in [6.45, 7) is 1.85. The van der Waals surface area contributed by atoms with E-state index in [2.05, 4.69) is 9.98 Å². The molecule has 0 fully saturated rings. The minimum atomic E-state index is -0.861. The molecule has 2 N–H and O–H groups in total. The second-order valence-corrected chi connectivity index (χ2v) is 4.30. The number of rotatable bonds is 1. The van der Waals surface area contributed by atoms with Gasteiger partial charge in [-0.25, -0.2) is 4.79 Å². The van der Waals surface area contributed by atoms with Crippen LogP contribution in [0.2, 0.25) is 0 Å². The molecule has 1 aliphatic rings. The molecule has 0 unspecified atom stereocenters. The van der Waals surface area contributed by atoms with Gasteiger partial charge in [0.05, 0.1) is 11.4 Å². The number of aliphatic imine (C=N–C) groups is 1. The number of nitrogens with zero attached hydrogens (tertiary/aromatic N) is 1. The highest BCUT2D eigenvalue weighted by Crippen LogP contribution is 2.28. The van der Waals surface area contributed by atoms with E-state index in [0.717, 1.165) is 27.9 Å². The highest BCUT2D eigenvalue weighted by molar-refractivity contribution is 6.06. The number of aromatic nitrogens is 1. The van der Waals surface area contributed by atoms with Crippen LogP contribution >= 0.6 is 0 Å². The molecule has 0 amide bonds. The van der Waals surface area contributed by atoms with Gasteiger partial charge in [0.25, 0.3) is 0 Å². The Labute approximate surface area is 98.0 Å². The monoisotopic (exact) mass is 228 g/mol. The van der Waals surface area contributed by atoms with Crippen molar-refractivity contribution in [1.82, 2.24) is 4.98 Å². The first-order chi connectivity index (χ1) is 8.16. The molecular formula is C13H12N2O2. The van der Waals surface area contributed by atoms with Gasteiger partial charge in [-0.3, -0.25) is 4.99 Å². The molecule has 1 aromatic carbocycles. The predicted molar refractivity (Wildman–Crippen MR) is 65.6 cm³/mol. The number of hydrogen-bond donors (Lipinski definition) is 2. The molecule has 3 rings (SSSR count). The summed E-state index contributed by atoms with van der Waals surface area (Å²) in [6, 6.07) is 7.29. The van der Waals surface area contributed by atoms with Crippen LogP contribution in [-0.4, -0.2) is 27.8 Å². The number of carbonyl (C=O) groups is 1. The largest absolute Gasteiger partial charge is 0.480 e. The van der Waals surface area contributed by atoms with Gasteiger partial charge in [-0.15, -0.1) is 0 Å². The van der Waals surface area contributed by atoms with Gasteiger partial charge in [0, 0.05) is 17.3 Å². The number of nitrogens with one attached hydrogen (secondary N) is 1. The molecule has 86 valence electrons. The molecule has 4 heteroatoms. The summed E-state index contributed by atoms with van der Waals surface area (Å²) in [4.78, 5) is 18.6. The van der Waals surface area contributed by atoms with Gasteiger partial charge in [-0.05, 0) is 18.6 Å². The Hall–Kier alpha value is -2.10. The van der Waals surface area contributed by atoms with Gasteiger partial charge in [-0.2, -0.15) is 0 Å². The number of benzene rings is 1. The third-order valence-electron chi connectivity index (χ3n) is 3.21. The normalized spacial score (nSPS) is 18.9. The lowest BCUT2D eigenvalue weighted by Gasteiger charge is -2.16. The lowest BCUT2D eigenvalue weighted by molar-refractivity contribution is -0.138. The fraction of sp³-hybridized carbons (Fsp3) is 0.231. The molecule has 1 aromatic heterocycles. The second kappa shape index (κ2) is 3.45. The third-order valence-corrected chi connectivity index (χ3v) is 3.21. The summed E-state index contributed by atoms with van der Waals surface area (Å²) in [5, 5.41) is 10.2. The van der Waals surface area contributed by atoms with Crippen molar-refractivity contribution in [3.8, 4) is 0 Å². The molecule has 17 heavy (non-hydrogen) atoms. The minimum absolute atomic E-state index is 0.464. The van der Waals surface area contributed by atoms with Crippen LogP contribution in [0.4, 0.5) is 0 Å². The Morgan fingerprint density at radius 2 is 2.24 bits per heavy atom. The Bertz CT molecular complexity index is 640. The molecular weight excluding hydrogens is 216 g/mol. The van der Waals surface area contributed by atoms with E-state index in [1.54, 1.807) is 0 Å². The van der Waals surface area contributed by atoms with E-state index in [-0.39, 0.29) is 0 Å². The van der Waals surface area contributed by atoms with E-state index in [0.29, 0.717) is 6.42 Å². The van der Waals surface area contributed by atoms with Crippen molar-refractivity contribution in [3.05, 3.63) is 35.5 Å². The smallest absolute Gasteiger partial charge is 0.328 e. The minimum Gasteiger partial charge on any atom is -0.480 e. The lowest BCUT2D eigenvalue weighted by Crippen LogP contribution is -2.26. The van der Waals surface area contributed by atoms with Crippen LogP contribution in [0.15, 0.2) is 29.3 Å². The van der Waals surface area contributed by atoms with Crippen molar-refractivity contribution in [2.75, 3.05) is 0 Å². The quantitative estimate of drug-likeness (QED) is 0.783. The zero-order valence-electron chi connectivity index (χ0n) is 9.40. The second-order valence-electron chi connectivity index (χ2n) is 4.30. The number of para-hydroxylation sites is 1. The van der Waals surface area contributed by atoms with Gasteiger partial charge >= 0.3 is 5.97 Å². The number of fused-ring (bicyclic) bond motifs is 3. The van der Waals surface area contributed by atoms with Crippen molar-refractivity contribution >= 4 is 22.6 Å². The summed E-state index contributed by atoms with van der Waals surface area (Å²) >= 11 is 0. The van der Waals surface area contributed by atoms with E-state index >= 15 is 0 Å². The molecule has 1 aliphatic heterocycles. The summed E-state index contributed by atoms with van der Waals surface area (Å²) < 4.78 is 0. The number of aromatic amines is 1. The topological polar surface area (TPSA) is 65.4 Å². The molecule has 0 aliphatic carbocycles. The molecule has 0 saturated heterocycles. The van der Waals surface area contributed by atoms with Crippen LogP contribution in [0.1, 0.15) is 18.2 Å². The third kappa shape index (κ3) is 1.45. The zero-order valence-corrected chi connectivity index (χ0v) is 9.40. The number of carboxylic acid groups (broad SMARTS) is 1. The summed E-state index contributed by atoms with van der Waals surface area (Å²) in [7, 11) is 0. The van der Waals surface area contributed by atoms with Gasteiger partial charge in [0.2, 0.25) is 0 Å². The Kier molecular flexibility index (Phi) is 2.04. The number of aliphatic carboxylic acids is 1. The van der Waals surface area contributed by atoms with E-state index in [9.17, 15) is 4.79 Å². The molecule has 0 radical (unpaired) electrons. The summed E-state index contributed by atoms with van der Waals surface area (Å²) in [5.41, 5.74) is 3.86. The first-order valence-corrected chi connectivity index (χ1v) is 5.54. The van der Waals surface area contributed by atoms with Crippen LogP contribution in [0.3, 0.4) is 0 Å². The zero-order chi connectivity index (χ0) is 12.0. The molecule has 0 saturated carbocycles. The molecule has 4 nitrogen and oxygen atoms in total. The van der Waals surface area contributed by atoms with Crippen LogP contribution in [0, 0.1) is 0 Å². The van der Waals surface area contributed by atoms with Crippen LogP contribution in [0.5, 0.6) is 0 Å². The van der Waals surface area contributed by atoms with E-state index < -0.39 is 12.0 Å². The van der Waals surface area contributed by atoms with Gasteiger partial charge in [0.1, 0.15) is 0 Å². The van der Waals surface area contributed by atoms with E-state index in [1.165, 1.54) is 0 Å². The van der Waals surface area contributed by atoms with Gasteiger partial charge in [-0.1, -0.05) is 18.2 Å². The Morgan fingerprint density at radius 3 is 3.00 bits per heavy atom. The number of hydrogen-bond acceptors (Lipinski definition) is 2. The van der Waals surface area contributed by atoms with Crippen molar-refractivity contribution in [3.63, 3.8) is 0 Å². The van der Waals surface area contributed by atoms with E-state index in [1.807, 2.05) is 31.2 Å². The van der Waals surface area contributed by atoms with Crippen molar-refractivity contribution in [1.29, 1.82) is 0 Å². The number of carboxylic acids is 1. The van der Waals surface area contributed by atoms with Gasteiger partial charge in [0.15, 0.2) is 6.04 Å². The standard InChI is InChI=1S/C13H12N2O2/c1-7-12-9(6-11(14-7)13(16)17)8-4-2-3-5-10(8)15-12/h2-5,11,15H,6H2,1H3,(H,16,17)/t11-/m1/s1. The molecule has 1 atom stereocenters. The number of H-pyrrole nitrogens is 1. The summed E-state index contributed by atoms with van der Waals surface area (Å²) in [5.74, 6) is -0.861. The molecule has 0 spiro atoms. The maximum atomic E-state index is 11.1. The Balaban J connectivity index is 2.23. The van der Waals surface area contributed by atoms with E-state index in [4.69, 9.17) is 5.11 Å². The Morgan fingerprint density at radius 1 is 1.47 bits per heavy atom. The average molecular weight is 228 g/mol.